The van der Waals surface area contributed by atoms with E-state index in [0.29, 0.717) is 12.2 Å². The van der Waals surface area contributed by atoms with Gasteiger partial charge in [-0.1, -0.05) is 12.1 Å². The summed E-state index contributed by atoms with van der Waals surface area (Å²) in [7, 11) is 0. The highest BCUT2D eigenvalue weighted by molar-refractivity contribution is 5.88. The SMILES string of the molecule is CCOC(=O)C=Cc1cccc(F)c1N. The minimum absolute atomic E-state index is 0.0260. The molecule has 0 saturated heterocycles. The lowest BCUT2D eigenvalue weighted by Gasteiger charge is -2.00. The van der Waals surface area contributed by atoms with Gasteiger partial charge in [-0.15, -0.1) is 0 Å². The van der Waals surface area contributed by atoms with Crippen molar-refractivity contribution in [1.82, 2.24) is 0 Å². The molecular weight excluding hydrogens is 197 g/mol. The van der Waals surface area contributed by atoms with E-state index in [-0.39, 0.29) is 5.69 Å². The molecule has 0 amide bonds. The Morgan fingerprint density at radius 3 is 3.00 bits per heavy atom. The fraction of sp³-hybridized carbons (Fsp3) is 0.182. The number of anilines is 1. The van der Waals surface area contributed by atoms with E-state index in [0.717, 1.165) is 0 Å². The minimum atomic E-state index is -0.499. The van der Waals surface area contributed by atoms with E-state index >= 15 is 0 Å². The maximum Gasteiger partial charge on any atom is 0.330 e. The normalized spacial score (nSPS) is 10.5. The van der Waals surface area contributed by atoms with Gasteiger partial charge in [0, 0.05) is 11.6 Å². The molecule has 0 aliphatic heterocycles. The van der Waals surface area contributed by atoms with Crippen molar-refractivity contribution >= 4 is 17.7 Å². The third kappa shape index (κ3) is 3.09. The Hall–Kier alpha value is -1.84. The van der Waals surface area contributed by atoms with E-state index in [1.54, 1.807) is 13.0 Å². The Bertz CT molecular complexity index is 388. The number of ether oxygens (including phenoxy) is 1. The number of para-hydroxylation sites is 1. The number of nitrogens with two attached hydrogens (primary N) is 1. The lowest BCUT2D eigenvalue weighted by molar-refractivity contribution is -0.137. The minimum Gasteiger partial charge on any atom is -0.463 e. The zero-order valence-electron chi connectivity index (χ0n) is 8.37. The molecular formula is C11H12FNO2. The van der Waals surface area contributed by atoms with Gasteiger partial charge in [-0.25, -0.2) is 9.18 Å². The Kier molecular flexibility index (Phi) is 3.85. The predicted octanol–water partition coefficient (Wildman–Crippen LogP) is 1.98. The first-order valence-corrected chi connectivity index (χ1v) is 4.54. The van der Waals surface area contributed by atoms with Gasteiger partial charge in [-0.3, -0.25) is 0 Å². The van der Waals surface area contributed by atoms with Gasteiger partial charge < -0.3 is 10.5 Å². The third-order valence-corrected chi connectivity index (χ3v) is 1.77. The maximum atomic E-state index is 13.0. The van der Waals surface area contributed by atoms with Crippen molar-refractivity contribution in [2.45, 2.75) is 6.92 Å². The van der Waals surface area contributed by atoms with Crippen LogP contribution in [-0.2, 0) is 9.53 Å². The largest absolute Gasteiger partial charge is 0.463 e. The van der Waals surface area contributed by atoms with Gasteiger partial charge in [0.2, 0.25) is 0 Å². The molecule has 1 aromatic rings. The van der Waals surface area contributed by atoms with Gasteiger partial charge in [0.25, 0.3) is 0 Å². The molecule has 2 N–H and O–H groups in total. The molecule has 0 heterocycles. The monoisotopic (exact) mass is 209 g/mol. The first-order valence-electron chi connectivity index (χ1n) is 4.54. The number of rotatable bonds is 3. The molecule has 15 heavy (non-hydrogen) atoms. The molecule has 80 valence electrons. The Balaban J connectivity index is 2.81. The molecule has 0 aliphatic rings. The summed E-state index contributed by atoms with van der Waals surface area (Å²) < 4.78 is 17.7. The molecule has 3 nitrogen and oxygen atoms in total. The van der Waals surface area contributed by atoms with Crippen LogP contribution >= 0.6 is 0 Å². The van der Waals surface area contributed by atoms with Crippen LogP contribution < -0.4 is 5.73 Å². The van der Waals surface area contributed by atoms with Gasteiger partial charge in [-0.2, -0.15) is 0 Å². The summed E-state index contributed by atoms with van der Waals surface area (Å²) in [6.45, 7) is 2.02. The van der Waals surface area contributed by atoms with Crippen molar-refractivity contribution in [2.75, 3.05) is 12.3 Å². The van der Waals surface area contributed by atoms with Crippen LogP contribution in [0.5, 0.6) is 0 Å². The first-order chi connectivity index (χ1) is 7.15. The van der Waals surface area contributed by atoms with Crippen molar-refractivity contribution in [2.24, 2.45) is 0 Å². The molecule has 0 spiro atoms. The highest BCUT2D eigenvalue weighted by atomic mass is 19.1. The van der Waals surface area contributed by atoms with Crippen molar-refractivity contribution in [3.05, 3.63) is 35.7 Å². The number of carbonyl (C=O) groups is 1. The summed E-state index contributed by atoms with van der Waals surface area (Å²) in [4.78, 5) is 11.0. The zero-order chi connectivity index (χ0) is 11.3. The second-order valence-electron chi connectivity index (χ2n) is 2.83. The molecule has 0 unspecified atom stereocenters. The summed E-state index contributed by atoms with van der Waals surface area (Å²) in [5.74, 6) is -0.970. The van der Waals surface area contributed by atoms with Gasteiger partial charge in [0.15, 0.2) is 0 Å². The number of carbonyl (C=O) groups excluding carboxylic acids is 1. The summed E-state index contributed by atoms with van der Waals surface area (Å²) in [5.41, 5.74) is 5.95. The van der Waals surface area contributed by atoms with Crippen molar-refractivity contribution in [1.29, 1.82) is 0 Å². The number of nitrogen functional groups attached to an aromatic ring is 1. The van der Waals surface area contributed by atoms with Crippen LogP contribution in [0.2, 0.25) is 0 Å². The highest BCUT2D eigenvalue weighted by Gasteiger charge is 2.01. The Morgan fingerprint density at radius 2 is 2.33 bits per heavy atom. The first kappa shape index (κ1) is 11.2. The average molecular weight is 209 g/mol. The van der Waals surface area contributed by atoms with Gasteiger partial charge >= 0.3 is 5.97 Å². The van der Waals surface area contributed by atoms with E-state index in [1.807, 2.05) is 0 Å². The Morgan fingerprint density at radius 1 is 1.60 bits per heavy atom. The lowest BCUT2D eigenvalue weighted by Crippen LogP contribution is -1.99. The van der Waals surface area contributed by atoms with Crippen LogP contribution in [0.15, 0.2) is 24.3 Å². The highest BCUT2D eigenvalue weighted by Crippen LogP contribution is 2.16. The molecule has 0 radical (unpaired) electrons. The average Bonchev–Trinajstić information content (AvgIpc) is 2.21. The molecule has 0 aliphatic carbocycles. The molecule has 0 saturated carbocycles. The quantitative estimate of drug-likeness (QED) is 0.470. The summed E-state index contributed by atoms with van der Waals surface area (Å²) in [5, 5.41) is 0. The Labute approximate surface area is 87.3 Å². The lowest BCUT2D eigenvalue weighted by atomic mass is 10.1. The maximum absolute atomic E-state index is 13.0. The fourth-order valence-corrected chi connectivity index (χ4v) is 1.05. The van der Waals surface area contributed by atoms with E-state index in [9.17, 15) is 9.18 Å². The molecule has 1 rings (SSSR count). The number of benzene rings is 1. The van der Waals surface area contributed by atoms with E-state index in [1.165, 1.54) is 24.3 Å². The summed E-state index contributed by atoms with van der Waals surface area (Å²) in [6.07, 6.45) is 2.64. The predicted molar refractivity (Wildman–Crippen MR) is 56.5 cm³/mol. The van der Waals surface area contributed by atoms with Crippen LogP contribution in [0, 0.1) is 5.82 Å². The van der Waals surface area contributed by atoms with E-state index in [4.69, 9.17) is 5.73 Å². The summed E-state index contributed by atoms with van der Waals surface area (Å²) in [6, 6.07) is 4.40. The second-order valence-corrected chi connectivity index (χ2v) is 2.83. The number of halogens is 1. The molecule has 0 bridgehead atoms. The summed E-state index contributed by atoms with van der Waals surface area (Å²) >= 11 is 0. The van der Waals surface area contributed by atoms with Gasteiger partial charge in [-0.05, 0) is 19.1 Å². The van der Waals surface area contributed by atoms with Crippen LogP contribution in [0.3, 0.4) is 0 Å². The van der Waals surface area contributed by atoms with Crippen LogP contribution in [0.4, 0.5) is 10.1 Å². The smallest absolute Gasteiger partial charge is 0.330 e. The standard InChI is InChI=1S/C11H12FNO2/c1-2-15-10(14)7-6-8-4-3-5-9(12)11(8)13/h3-7H,2,13H2,1H3. The molecule has 0 fully saturated rings. The van der Waals surface area contributed by atoms with Gasteiger partial charge in [0.05, 0.1) is 12.3 Å². The second kappa shape index (κ2) is 5.14. The van der Waals surface area contributed by atoms with Crippen LogP contribution in [0.1, 0.15) is 12.5 Å². The topological polar surface area (TPSA) is 52.3 Å². The van der Waals surface area contributed by atoms with E-state index in [2.05, 4.69) is 4.74 Å². The number of hydrogen-bond donors (Lipinski definition) is 1. The molecule has 0 aromatic heterocycles. The number of hydrogen-bond acceptors (Lipinski definition) is 3. The fourth-order valence-electron chi connectivity index (χ4n) is 1.05. The third-order valence-electron chi connectivity index (χ3n) is 1.77. The molecule has 1 aromatic carbocycles. The van der Waals surface area contributed by atoms with E-state index < -0.39 is 11.8 Å². The van der Waals surface area contributed by atoms with Crippen LogP contribution in [-0.4, -0.2) is 12.6 Å². The van der Waals surface area contributed by atoms with Crippen molar-refractivity contribution in [3.8, 4) is 0 Å². The van der Waals surface area contributed by atoms with Gasteiger partial charge in [0.1, 0.15) is 5.82 Å². The molecule has 4 heteroatoms. The van der Waals surface area contributed by atoms with Crippen LogP contribution in [0.25, 0.3) is 6.08 Å². The number of esters is 1. The molecule has 0 atom stereocenters. The van der Waals surface area contributed by atoms with Crippen molar-refractivity contribution < 1.29 is 13.9 Å². The zero-order valence-corrected chi connectivity index (χ0v) is 8.37. The van der Waals surface area contributed by atoms with Crippen molar-refractivity contribution in [3.63, 3.8) is 0 Å².